The van der Waals surface area contributed by atoms with Gasteiger partial charge < -0.3 is 14.7 Å². The number of carboxylic acids is 1. The van der Waals surface area contributed by atoms with Gasteiger partial charge in [0.05, 0.1) is 0 Å². The van der Waals surface area contributed by atoms with Crippen molar-refractivity contribution in [2.24, 2.45) is 0 Å². The van der Waals surface area contributed by atoms with Crippen LogP contribution in [0.2, 0.25) is 0 Å². The number of hydrogen-bond acceptors (Lipinski definition) is 3. The Morgan fingerprint density at radius 1 is 1.15 bits per heavy atom. The van der Waals surface area contributed by atoms with Crippen molar-refractivity contribution in [3.63, 3.8) is 0 Å². The summed E-state index contributed by atoms with van der Waals surface area (Å²) in [5.41, 5.74) is -1.54. The van der Waals surface area contributed by atoms with Gasteiger partial charge in [-0.2, -0.15) is 0 Å². The largest absolute Gasteiger partial charge is 0.479 e. The minimum absolute atomic E-state index is 0.122. The maximum absolute atomic E-state index is 15.2. The lowest BCUT2D eigenvalue weighted by atomic mass is 9.95. The molecule has 2 rings (SSSR count). The molecule has 0 spiro atoms. The van der Waals surface area contributed by atoms with E-state index in [0.29, 0.717) is 0 Å². The fourth-order valence-electron chi connectivity index (χ4n) is 3.31. The van der Waals surface area contributed by atoms with Gasteiger partial charge >= 0.3 is 12.4 Å². The minimum Gasteiger partial charge on any atom is -0.479 e. The Kier molecular flexibility index (Phi) is 6.55. The average molecular weight is 373 g/mol. The van der Waals surface area contributed by atoms with E-state index < -0.39 is 23.9 Å². The third-order valence-corrected chi connectivity index (χ3v) is 5.14. The summed E-state index contributed by atoms with van der Waals surface area (Å²) in [7, 11) is 0. The second kappa shape index (κ2) is 8.29. The Morgan fingerprint density at radius 3 is 2.12 bits per heavy atom. The summed E-state index contributed by atoms with van der Waals surface area (Å²) in [6.45, 7) is 4.70. The molecule has 1 saturated heterocycles. The Labute approximate surface area is 151 Å². The third kappa shape index (κ3) is 3.98. The smallest absolute Gasteiger partial charge is 0.336 e. The number of ether oxygens (including phenoxy) is 1. The zero-order valence-corrected chi connectivity index (χ0v) is 15.2. The van der Waals surface area contributed by atoms with Gasteiger partial charge in [0.2, 0.25) is 0 Å². The normalized spacial score (nSPS) is 18.0. The van der Waals surface area contributed by atoms with Gasteiger partial charge in [0.25, 0.3) is 5.85 Å². The highest BCUT2D eigenvalue weighted by molar-refractivity contribution is 5.77. The lowest BCUT2D eigenvalue weighted by Crippen LogP contribution is -2.49. The van der Waals surface area contributed by atoms with E-state index in [2.05, 4.69) is 4.90 Å². The van der Waals surface area contributed by atoms with Crippen LogP contribution < -0.4 is 4.90 Å². The summed E-state index contributed by atoms with van der Waals surface area (Å²) in [6, 6.07) is 5.68. The molecule has 0 bridgehead atoms. The number of alkyl halides is 3. The lowest BCUT2D eigenvalue weighted by Gasteiger charge is -2.36. The van der Waals surface area contributed by atoms with Crippen LogP contribution in [0.25, 0.3) is 0 Å². The topological polar surface area (TPSA) is 49.8 Å². The molecule has 26 heavy (non-hydrogen) atoms. The molecule has 7 heteroatoms. The van der Waals surface area contributed by atoms with Gasteiger partial charge in [0, 0.05) is 24.3 Å². The van der Waals surface area contributed by atoms with E-state index >= 15 is 4.39 Å². The van der Waals surface area contributed by atoms with Crippen LogP contribution in [0.4, 0.5) is 18.9 Å². The van der Waals surface area contributed by atoms with Crippen LogP contribution in [0.5, 0.6) is 0 Å². The van der Waals surface area contributed by atoms with E-state index in [4.69, 9.17) is 4.74 Å². The predicted octanol–water partition coefficient (Wildman–Crippen LogP) is 4.72. The summed E-state index contributed by atoms with van der Waals surface area (Å²) in [4.78, 5) is 13.7. The number of hydrogen-bond donors (Lipinski definition) is 1. The van der Waals surface area contributed by atoms with E-state index in [-0.39, 0.29) is 18.4 Å². The number of halogens is 3. The van der Waals surface area contributed by atoms with E-state index in [9.17, 15) is 18.7 Å². The highest BCUT2D eigenvalue weighted by atomic mass is 19.3. The lowest BCUT2D eigenvalue weighted by molar-refractivity contribution is -0.285. The molecule has 0 aliphatic carbocycles. The van der Waals surface area contributed by atoms with Crippen LogP contribution in [-0.2, 0) is 15.4 Å². The van der Waals surface area contributed by atoms with Gasteiger partial charge in [-0.05, 0) is 44.2 Å². The van der Waals surface area contributed by atoms with E-state index in [1.54, 1.807) is 12.1 Å². The number of piperidine rings is 1. The molecule has 1 fully saturated rings. The van der Waals surface area contributed by atoms with Crippen LogP contribution in [-0.4, -0.2) is 36.2 Å². The fourth-order valence-corrected chi connectivity index (χ4v) is 3.31. The number of benzene rings is 1. The highest BCUT2D eigenvalue weighted by Gasteiger charge is 2.52. The molecular weight excluding hydrogens is 347 g/mol. The zero-order valence-electron chi connectivity index (χ0n) is 15.2. The molecule has 1 atom stereocenters. The molecule has 0 amide bonds. The van der Waals surface area contributed by atoms with Crippen LogP contribution in [0.1, 0.15) is 51.5 Å². The summed E-state index contributed by atoms with van der Waals surface area (Å²) in [6.07, 6.45) is -0.481. The molecule has 1 unspecified atom stereocenters. The van der Waals surface area contributed by atoms with Gasteiger partial charge in [0.1, 0.15) is 0 Å². The molecule has 1 heterocycles. The molecule has 1 aliphatic rings. The monoisotopic (exact) mass is 373 g/mol. The van der Waals surface area contributed by atoms with Crippen LogP contribution >= 0.6 is 0 Å². The average Bonchev–Trinajstić information content (AvgIpc) is 2.66. The van der Waals surface area contributed by atoms with Crippen molar-refractivity contribution >= 4 is 11.7 Å². The van der Waals surface area contributed by atoms with E-state index in [0.717, 1.165) is 38.0 Å². The van der Waals surface area contributed by atoms with Crippen LogP contribution in [0, 0.1) is 0 Å². The molecule has 146 valence electrons. The molecule has 0 aromatic heterocycles. The Balaban J connectivity index is 2.31. The molecule has 0 radical (unpaired) electrons. The number of carbonyl (C=O) groups is 1. The highest BCUT2D eigenvalue weighted by Crippen LogP contribution is 2.41. The summed E-state index contributed by atoms with van der Waals surface area (Å²) >= 11 is 0. The number of aliphatic carboxylic acids is 1. The first-order chi connectivity index (χ1) is 12.3. The van der Waals surface area contributed by atoms with Crippen molar-refractivity contribution < 1.29 is 27.8 Å². The third-order valence-electron chi connectivity index (χ3n) is 5.14. The van der Waals surface area contributed by atoms with Crippen molar-refractivity contribution in [3.8, 4) is 0 Å². The Bertz CT molecular complexity index is 599. The van der Waals surface area contributed by atoms with Crippen molar-refractivity contribution in [1.82, 2.24) is 0 Å². The Hall–Kier alpha value is -1.76. The zero-order chi connectivity index (χ0) is 19.4. The summed E-state index contributed by atoms with van der Waals surface area (Å²) in [5, 5.41) is 9.39. The first kappa shape index (κ1) is 20.6. The van der Waals surface area contributed by atoms with Crippen molar-refractivity contribution in [2.45, 2.75) is 63.8 Å². The fraction of sp³-hybridized carbons (Fsp3) is 0.632. The van der Waals surface area contributed by atoms with Crippen molar-refractivity contribution in [2.75, 3.05) is 18.0 Å². The summed E-state index contributed by atoms with van der Waals surface area (Å²) in [5.74, 6) is -4.93. The summed E-state index contributed by atoms with van der Waals surface area (Å²) < 4.78 is 47.4. The SMILES string of the molecule is CCC(CC)(OC(F)(c1ccc(N2CCCCC2)cc1)C(F)F)C(=O)O. The number of nitrogens with zero attached hydrogens (tertiary/aromatic N) is 1. The Morgan fingerprint density at radius 2 is 1.69 bits per heavy atom. The van der Waals surface area contributed by atoms with Gasteiger partial charge in [-0.3, -0.25) is 0 Å². The number of anilines is 1. The number of rotatable bonds is 8. The first-order valence-electron chi connectivity index (χ1n) is 9.05. The van der Waals surface area contributed by atoms with Crippen molar-refractivity contribution in [1.29, 1.82) is 0 Å². The van der Waals surface area contributed by atoms with E-state index in [1.807, 2.05) is 0 Å². The maximum Gasteiger partial charge on any atom is 0.336 e. The second-order valence-corrected chi connectivity index (χ2v) is 6.65. The van der Waals surface area contributed by atoms with Gasteiger partial charge in [-0.15, -0.1) is 0 Å². The molecule has 0 saturated carbocycles. The minimum atomic E-state index is -3.51. The molecule has 1 N–H and O–H groups in total. The molecule has 1 aromatic carbocycles. The van der Waals surface area contributed by atoms with Gasteiger partial charge in [0.15, 0.2) is 5.60 Å². The standard InChI is InChI=1S/C19H26F3NO3/c1-3-18(4-2,17(24)25)26-19(22,16(20)21)14-8-10-15(11-9-14)23-12-6-5-7-13-23/h8-11,16H,3-7,12-13H2,1-2H3,(H,24,25). The van der Waals surface area contributed by atoms with Gasteiger partial charge in [-0.25, -0.2) is 18.0 Å². The molecule has 4 nitrogen and oxygen atoms in total. The first-order valence-corrected chi connectivity index (χ1v) is 9.05. The van der Waals surface area contributed by atoms with E-state index in [1.165, 1.54) is 26.0 Å². The van der Waals surface area contributed by atoms with Crippen molar-refractivity contribution in [3.05, 3.63) is 29.8 Å². The molecule has 1 aliphatic heterocycles. The molecule has 1 aromatic rings. The van der Waals surface area contributed by atoms with Crippen LogP contribution in [0.3, 0.4) is 0 Å². The maximum atomic E-state index is 15.2. The molecular formula is C19H26F3NO3. The van der Waals surface area contributed by atoms with Gasteiger partial charge in [-0.1, -0.05) is 26.0 Å². The number of carboxylic acid groups (broad SMARTS) is 1. The second-order valence-electron chi connectivity index (χ2n) is 6.65. The predicted molar refractivity (Wildman–Crippen MR) is 93.3 cm³/mol. The van der Waals surface area contributed by atoms with Crippen LogP contribution in [0.15, 0.2) is 24.3 Å². The quantitative estimate of drug-likeness (QED) is 0.716.